The number of fused-ring (bicyclic) bond motifs is 1. The van der Waals surface area contributed by atoms with Crippen LogP contribution in [-0.2, 0) is 9.53 Å². The van der Waals surface area contributed by atoms with E-state index in [0.717, 1.165) is 32.1 Å². The van der Waals surface area contributed by atoms with Gasteiger partial charge in [0, 0.05) is 6.54 Å². The second-order valence-electron chi connectivity index (χ2n) is 6.54. The number of carbonyl (C=O) groups excluding carboxylic acids is 1. The third kappa shape index (κ3) is 1.24. The number of rotatable bonds is 1. The van der Waals surface area contributed by atoms with Crippen molar-refractivity contribution < 1.29 is 9.53 Å². The molecule has 4 aliphatic rings. The topological polar surface area (TPSA) is 29.5 Å². The molecule has 1 amide bonds. The average Bonchev–Trinajstić information content (AvgIpc) is 2.89. The van der Waals surface area contributed by atoms with Crippen molar-refractivity contribution in [3.8, 4) is 0 Å². The number of hydrogen-bond acceptors (Lipinski definition) is 2. The van der Waals surface area contributed by atoms with E-state index >= 15 is 0 Å². The molecule has 1 heterocycles. The SMILES string of the molecule is O=C(N1CCOCC12CCC2)C12CCCC1C2. The normalized spacial score (nSPS) is 42.1. The van der Waals surface area contributed by atoms with Gasteiger partial charge in [0.05, 0.1) is 24.2 Å². The molecule has 3 aliphatic carbocycles. The summed E-state index contributed by atoms with van der Waals surface area (Å²) in [6, 6.07) is 0. The molecule has 3 heteroatoms. The highest BCUT2D eigenvalue weighted by Crippen LogP contribution is 2.65. The van der Waals surface area contributed by atoms with Crippen LogP contribution < -0.4 is 0 Å². The van der Waals surface area contributed by atoms with Crippen LogP contribution in [0, 0.1) is 11.3 Å². The Morgan fingerprint density at radius 3 is 2.71 bits per heavy atom. The number of morpholine rings is 1. The van der Waals surface area contributed by atoms with Crippen LogP contribution in [0.25, 0.3) is 0 Å². The minimum atomic E-state index is 0.0972. The number of nitrogens with zero attached hydrogens (tertiary/aromatic N) is 1. The summed E-state index contributed by atoms with van der Waals surface area (Å²) in [5.74, 6) is 1.22. The van der Waals surface area contributed by atoms with Crippen molar-refractivity contribution in [3.63, 3.8) is 0 Å². The van der Waals surface area contributed by atoms with Crippen LogP contribution in [-0.4, -0.2) is 36.1 Å². The van der Waals surface area contributed by atoms with Gasteiger partial charge in [-0.15, -0.1) is 0 Å². The Labute approximate surface area is 102 Å². The highest BCUT2D eigenvalue weighted by Gasteiger charge is 2.65. The van der Waals surface area contributed by atoms with Gasteiger partial charge in [0.15, 0.2) is 0 Å². The highest BCUT2D eigenvalue weighted by atomic mass is 16.5. The van der Waals surface area contributed by atoms with E-state index in [9.17, 15) is 4.79 Å². The highest BCUT2D eigenvalue weighted by molar-refractivity contribution is 5.87. The van der Waals surface area contributed by atoms with Crippen LogP contribution in [0.1, 0.15) is 44.9 Å². The molecule has 0 N–H and O–H groups in total. The summed E-state index contributed by atoms with van der Waals surface area (Å²) in [6.45, 7) is 2.38. The first-order valence-corrected chi connectivity index (χ1v) is 7.17. The summed E-state index contributed by atoms with van der Waals surface area (Å²) in [6.07, 6.45) is 8.50. The summed E-state index contributed by atoms with van der Waals surface area (Å²) < 4.78 is 5.62. The van der Waals surface area contributed by atoms with Crippen molar-refractivity contribution in [2.45, 2.75) is 50.5 Å². The van der Waals surface area contributed by atoms with E-state index < -0.39 is 0 Å². The third-order valence-corrected chi connectivity index (χ3v) is 5.77. The number of ether oxygens (including phenoxy) is 1. The first-order valence-electron chi connectivity index (χ1n) is 7.17. The zero-order valence-corrected chi connectivity index (χ0v) is 10.4. The zero-order valence-electron chi connectivity index (χ0n) is 10.4. The molecule has 3 nitrogen and oxygen atoms in total. The van der Waals surface area contributed by atoms with Gasteiger partial charge in [0.1, 0.15) is 0 Å². The lowest BCUT2D eigenvalue weighted by Crippen LogP contribution is -2.64. The molecule has 1 saturated heterocycles. The Kier molecular flexibility index (Phi) is 1.98. The predicted octanol–water partition coefficient (Wildman–Crippen LogP) is 1.96. The molecule has 2 unspecified atom stereocenters. The maximum Gasteiger partial charge on any atom is 0.229 e. The van der Waals surface area contributed by atoms with Gasteiger partial charge in [0.25, 0.3) is 0 Å². The largest absolute Gasteiger partial charge is 0.377 e. The van der Waals surface area contributed by atoms with Crippen LogP contribution in [0.2, 0.25) is 0 Å². The minimum absolute atomic E-state index is 0.0972. The monoisotopic (exact) mass is 235 g/mol. The third-order valence-electron chi connectivity index (χ3n) is 5.77. The molecule has 1 spiro atoms. The molecule has 3 saturated carbocycles. The Hall–Kier alpha value is -0.570. The second kappa shape index (κ2) is 3.25. The fourth-order valence-corrected chi connectivity index (χ4v) is 4.42. The van der Waals surface area contributed by atoms with E-state index in [-0.39, 0.29) is 11.0 Å². The van der Waals surface area contributed by atoms with Crippen molar-refractivity contribution in [1.82, 2.24) is 4.90 Å². The maximum atomic E-state index is 12.8. The smallest absolute Gasteiger partial charge is 0.229 e. The summed E-state index contributed by atoms with van der Waals surface area (Å²) in [5, 5.41) is 0. The Morgan fingerprint density at radius 2 is 2.12 bits per heavy atom. The zero-order chi connectivity index (χ0) is 11.5. The molecule has 1 aliphatic heterocycles. The van der Waals surface area contributed by atoms with E-state index in [4.69, 9.17) is 4.74 Å². The molecule has 0 bridgehead atoms. The molecule has 4 rings (SSSR count). The van der Waals surface area contributed by atoms with Gasteiger partial charge in [0.2, 0.25) is 5.91 Å². The number of amides is 1. The lowest BCUT2D eigenvalue weighted by molar-refractivity contribution is -0.164. The molecular formula is C14H21NO2. The number of carbonyl (C=O) groups is 1. The molecule has 0 radical (unpaired) electrons. The molecule has 17 heavy (non-hydrogen) atoms. The predicted molar refractivity (Wildman–Crippen MR) is 63.5 cm³/mol. The molecular weight excluding hydrogens is 214 g/mol. The quantitative estimate of drug-likeness (QED) is 0.695. The molecule has 0 aromatic carbocycles. The first kappa shape index (κ1) is 10.4. The van der Waals surface area contributed by atoms with Gasteiger partial charge in [-0.3, -0.25) is 4.79 Å². The molecule has 0 aromatic heterocycles. The minimum Gasteiger partial charge on any atom is -0.377 e. The van der Waals surface area contributed by atoms with Crippen LogP contribution in [0.15, 0.2) is 0 Å². The van der Waals surface area contributed by atoms with Crippen LogP contribution in [0.5, 0.6) is 0 Å². The number of hydrogen-bond donors (Lipinski definition) is 0. The van der Waals surface area contributed by atoms with Crippen molar-refractivity contribution in [3.05, 3.63) is 0 Å². The van der Waals surface area contributed by atoms with E-state index in [1.165, 1.54) is 38.5 Å². The molecule has 4 fully saturated rings. The summed E-state index contributed by atoms with van der Waals surface area (Å²) in [5.41, 5.74) is 0.208. The lowest BCUT2D eigenvalue weighted by Gasteiger charge is -2.53. The van der Waals surface area contributed by atoms with Gasteiger partial charge in [-0.25, -0.2) is 0 Å². The van der Waals surface area contributed by atoms with Gasteiger partial charge >= 0.3 is 0 Å². The lowest BCUT2D eigenvalue weighted by atomic mass is 9.74. The summed E-state index contributed by atoms with van der Waals surface area (Å²) >= 11 is 0. The molecule has 0 aromatic rings. The van der Waals surface area contributed by atoms with Gasteiger partial charge in [-0.1, -0.05) is 6.42 Å². The van der Waals surface area contributed by atoms with Crippen LogP contribution in [0.4, 0.5) is 0 Å². The van der Waals surface area contributed by atoms with Crippen LogP contribution >= 0.6 is 0 Å². The van der Waals surface area contributed by atoms with Gasteiger partial charge in [-0.05, 0) is 44.4 Å². The standard InChI is InChI=1S/C14H21NO2/c16-12(14-6-1-3-11(14)9-14)15-7-8-17-10-13(15)4-2-5-13/h11H,1-10H2. The van der Waals surface area contributed by atoms with Gasteiger partial charge in [-0.2, -0.15) is 0 Å². The first-order chi connectivity index (χ1) is 8.27. The van der Waals surface area contributed by atoms with E-state index in [1.807, 2.05) is 0 Å². The van der Waals surface area contributed by atoms with E-state index in [1.54, 1.807) is 0 Å². The second-order valence-corrected chi connectivity index (χ2v) is 6.54. The average molecular weight is 235 g/mol. The van der Waals surface area contributed by atoms with Crippen molar-refractivity contribution >= 4 is 5.91 Å². The fourth-order valence-electron chi connectivity index (χ4n) is 4.42. The molecule has 2 atom stereocenters. The van der Waals surface area contributed by atoms with Crippen molar-refractivity contribution in [2.24, 2.45) is 11.3 Å². The molecule has 94 valence electrons. The van der Waals surface area contributed by atoms with Crippen LogP contribution in [0.3, 0.4) is 0 Å². The summed E-state index contributed by atoms with van der Waals surface area (Å²) in [7, 11) is 0. The van der Waals surface area contributed by atoms with Gasteiger partial charge < -0.3 is 9.64 Å². The Bertz CT molecular complexity index is 363. The van der Waals surface area contributed by atoms with E-state index in [0.29, 0.717) is 5.91 Å². The summed E-state index contributed by atoms with van der Waals surface area (Å²) in [4.78, 5) is 15.1. The maximum absolute atomic E-state index is 12.8. The Balaban J connectivity index is 1.59. The van der Waals surface area contributed by atoms with Crippen molar-refractivity contribution in [2.75, 3.05) is 19.8 Å². The fraction of sp³-hybridized carbons (Fsp3) is 0.929. The van der Waals surface area contributed by atoms with E-state index in [2.05, 4.69) is 4.90 Å². The Morgan fingerprint density at radius 1 is 1.24 bits per heavy atom. The van der Waals surface area contributed by atoms with Crippen molar-refractivity contribution in [1.29, 1.82) is 0 Å².